The molecule has 4 atom stereocenters. The number of unbranched alkanes of at least 4 members (excludes halogenated alkanes) is 1. The quantitative estimate of drug-likeness (QED) is 0.121. The standard InChI is InChI=1S/C30H62.CH4O3S/c1-25(2)15-11-19-29(7)23-13-21-27(5)17-9-10-18-28(6)22-14-24-30(8)20-12-16-26(3)4;1-5(2,3)4/h25-30H,9-24H2,1-8H3;1H3,(H,2,3,4). The van der Waals surface area contributed by atoms with Crippen LogP contribution >= 0.6 is 0 Å². The minimum Gasteiger partial charge on any atom is -0.286 e. The summed E-state index contributed by atoms with van der Waals surface area (Å²) in [5.41, 5.74) is 0. The summed E-state index contributed by atoms with van der Waals surface area (Å²) in [5.74, 6) is 5.51. The third-order valence-electron chi connectivity index (χ3n) is 7.39. The van der Waals surface area contributed by atoms with Gasteiger partial charge in [0.05, 0.1) is 6.26 Å². The van der Waals surface area contributed by atoms with E-state index in [0.717, 1.165) is 35.5 Å². The lowest BCUT2D eigenvalue weighted by atomic mass is 9.90. The first-order valence-corrected chi connectivity index (χ1v) is 17.0. The van der Waals surface area contributed by atoms with E-state index in [0.29, 0.717) is 6.26 Å². The Balaban J connectivity index is 0. The molecule has 4 unspecified atom stereocenters. The van der Waals surface area contributed by atoms with E-state index in [-0.39, 0.29) is 0 Å². The molecule has 214 valence electrons. The maximum Gasteiger partial charge on any atom is 0.261 e. The van der Waals surface area contributed by atoms with Crippen LogP contribution in [0.15, 0.2) is 0 Å². The molecular weight excluding hydrogens is 452 g/mol. The van der Waals surface area contributed by atoms with Crippen molar-refractivity contribution >= 4 is 10.1 Å². The summed E-state index contributed by atoms with van der Waals surface area (Å²) in [5, 5.41) is 0. The molecule has 0 aromatic rings. The van der Waals surface area contributed by atoms with Crippen molar-refractivity contribution < 1.29 is 13.0 Å². The van der Waals surface area contributed by atoms with Gasteiger partial charge in [-0.3, -0.25) is 4.55 Å². The van der Waals surface area contributed by atoms with Crippen molar-refractivity contribution in [3.63, 3.8) is 0 Å². The third kappa shape index (κ3) is 36.1. The van der Waals surface area contributed by atoms with E-state index < -0.39 is 10.1 Å². The molecule has 4 heteroatoms. The highest BCUT2D eigenvalue weighted by molar-refractivity contribution is 7.85. The predicted molar refractivity (Wildman–Crippen MR) is 158 cm³/mol. The summed E-state index contributed by atoms with van der Waals surface area (Å²) in [4.78, 5) is 0. The van der Waals surface area contributed by atoms with Gasteiger partial charge < -0.3 is 0 Å². The monoisotopic (exact) mass is 518 g/mol. The van der Waals surface area contributed by atoms with Crippen molar-refractivity contribution in [3.05, 3.63) is 0 Å². The average Bonchev–Trinajstić information content (AvgIpc) is 2.69. The second-order valence-corrected chi connectivity index (χ2v) is 14.4. The van der Waals surface area contributed by atoms with Crippen LogP contribution < -0.4 is 0 Å². The summed E-state index contributed by atoms with van der Waals surface area (Å²) in [6, 6.07) is 0. The second-order valence-electron chi connectivity index (χ2n) is 12.9. The van der Waals surface area contributed by atoms with E-state index in [1.807, 2.05) is 0 Å². The molecule has 0 aliphatic carbocycles. The molecule has 3 nitrogen and oxygen atoms in total. The molecule has 0 fully saturated rings. The van der Waals surface area contributed by atoms with Gasteiger partial charge in [0.1, 0.15) is 0 Å². The van der Waals surface area contributed by atoms with Gasteiger partial charge in [-0.25, -0.2) is 0 Å². The molecule has 1 N–H and O–H groups in total. The Morgan fingerprint density at radius 2 is 0.600 bits per heavy atom. The molecule has 0 aromatic carbocycles. The maximum atomic E-state index is 9.19. The largest absolute Gasteiger partial charge is 0.286 e. The molecule has 0 aliphatic rings. The van der Waals surface area contributed by atoms with Gasteiger partial charge in [-0.2, -0.15) is 8.42 Å². The molecular formula is C31H66O3S. The predicted octanol–water partition coefficient (Wildman–Crippen LogP) is 10.6. The summed E-state index contributed by atoms with van der Waals surface area (Å²) in [6.45, 7) is 19.3. The lowest BCUT2D eigenvalue weighted by Crippen LogP contribution is -2.01. The fraction of sp³-hybridized carbons (Fsp3) is 1.00. The van der Waals surface area contributed by atoms with Gasteiger partial charge in [0, 0.05) is 0 Å². The van der Waals surface area contributed by atoms with Gasteiger partial charge in [-0.1, -0.05) is 158 Å². The highest BCUT2D eigenvalue weighted by atomic mass is 32.2. The highest BCUT2D eigenvalue weighted by Gasteiger charge is 2.09. The Morgan fingerprint density at radius 1 is 0.429 bits per heavy atom. The zero-order valence-corrected chi connectivity index (χ0v) is 26.3. The Kier molecular flexibility index (Phi) is 24.4. The van der Waals surface area contributed by atoms with E-state index in [1.54, 1.807) is 0 Å². The van der Waals surface area contributed by atoms with Gasteiger partial charge in [-0.05, 0) is 35.5 Å². The molecule has 0 spiro atoms. The van der Waals surface area contributed by atoms with E-state index in [4.69, 9.17) is 4.55 Å². The molecule has 0 bridgehead atoms. The average molecular weight is 519 g/mol. The van der Waals surface area contributed by atoms with Crippen LogP contribution in [0.2, 0.25) is 0 Å². The van der Waals surface area contributed by atoms with Gasteiger partial charge >= 0.3 is 0 Å². The normalized spacial score (nSPS) is 15.5. The minimum atomic E-state index is -3.67. The highest BCUT2D eigenvalue weighted by Crippen LogP contribution is 2.24. The molecule has 0 heterocycles. The third-order valence-corrected chi connectivity index (χ3v) is 7.39. The van der Waals surface area contributed by atoms with E-state index in [2.05, 4.69) is 55.4 Å². The van der Waals surface area contributed by atoms with Gasteiger partial charge in [0.2, 0.25) is 0 Å². The number of rotatable bonds is 21. The van der Waals surface area contributed by atoms with Crippen LogP contribution in [-0.2, 0) is 10.1 Å². The van der Waals surface area contributed by atoms with Crippen LogP contribution in [0, 0.1) is 35.5 Å². The van der Waals surface area contributed by atoms with Crippen molar-refractivity contribution in [2.75, 3.05) is 6.26 Å². The first-order valence-electron chi connectivity index (χ1n) is 15.1. The van der Waals surface area contributed by atoms with Crippen LogP contribution in [0.4, 0.5) is 0 Å². The second kappa shape index (κ2) is 23.1. The Morgan fingerprint density at radius 3 is 0.800 bits per heavy atom. The van der Waals surface area contributed by atoms with Crippen molar-refractivity contribution in [2.24, 2.45) is 35.5 Å². The summed E-state index contributed by atoms with van der Waals surface area (Å²) < 4.78 is 25.9. The lowest BCUT2D eigenvalue weighted by molar-refractivity contribution is 0.369. The van der Waals surface area contributed by atoms with Gasteiger partial charge in [-0.15, -0.1) is 0 Å². The number of hydrogen-bond acceptors (Lipinski definition) is 2. The zero-order valence-electron chi connectivity index (χ0n) is 25.4. The zero-order chi connectivity index (χ0) is 27.3. The molecule has 0 aromatic heterocycles. The molecule has 0 aliphatic heterocycles. The van der Waals surface area contributed by atoms with Crippen molar-refractivity contribution in [2.45, 2.75) is 158 Å². The minimum absolute atomic E-state index is 0.715. The van der Waals surface area contributed by atoms with E-state index >= 15 is 0 Å². The lowest BCUT2D eigenvalue weighted by Gasteiger charge is -2.16. The molecule has 0 saturated carbocycles. The van der Waals surface area contributed by atoms with Crippen molar-refractivity contribution in [1.82, 2.24) is 0 Å². The van der Waals surface area contributed by atoms with Crippen LogP contribution in [0.1, 0.15) is 158 Å². The van der Waals surface area contributed by atoms with Crippen LogP contribution in [0.25, 0.3) is 0 Å². The van der Waals surface area contributed by atoms with E-state index in [1.165, 1.54) is 103 Å². The maximum absolute atomic E-state index is 9.19. The van der Waals surface area contributed by atoms with Crippen LogP contribution in [0.5, 0.6) is 0 Å². The molecule has 0 rings (SSSR count). The Labute approximate surface area is 222 Å². The fourth-order valence-corrected chi connectivity index (χ4v) is 4.94. The topological polar surface area (TPSA) is 54.4 Å². The number of hydrogen-bond donors (Lipinski definition) is 1. The smallest absolute Gasteiger partial charge is 0.261 e. The Hall–Kier alpha value is -0.0900. The fourth-order valence-electron chi connectivity index (χ4n) is 4.94. The molecule has 0 amide bonds. The summed E-state index contributed by atoms with van der Waals surface area (Å²) in [6.07, 6.45) is 23.9. The van der Waals surface area contributed by atoms with E-state index in [9.17, 15) is 8.42 Å². The molecule has 0 radical (unpaired) electrons. The van der Waals surface area contributed by atoms with Crippen molar-refractivity contribution in [3.8, 4) is 0 Å². The van der Waals surface area contributed by atoms with Gasteiger partial charge in [0.25, 0.3) is 10.1 Å². The van der Waals surface area contributed by atoms with Crippen LogP contribution in [0.3, 0.4) is 0 Å². The SMILES string of the molecule is CC(C)CCCC(C)CCCC(C)CCCCC(C)CCCC(C)CCCC(C)C.CS(=O)(=O)O. The summed E-state index contributed by atoms with van der Waals surface area (Å²) >= 11 is 0. The first kappa shape index (κ1) is 37.1. The van der Waals surface area contributed by atoms with Gasteiger partial charge in [0.15, 0.2) is 0 Å². The molecule has 0 saturated heterocycles. The van der Waals surface area contributed by atoms with Crippen molar-refractivity contribution in [1.29, 1.82) is 0 Å². The first-order chi connectivity index (χ1) is 16.2. The van der Waals surface area contributed by atoms with Crippen LogP contribution in [-0.4, -0.2) is 19.2 Å². The molecule has 35 heavy (non-hydrogen) atoms. The summed E-state index contributed by atoms with van der Waals surface area (Å²) in [7, 11) is -3.67. The Bertz CT molecular complexity index is 499.